The highest BCUT2D eigenvalue weighted by atomic mass is 32.1. The fraction of sp³-hybridized carbons (Fsp3) is 0.333. The van der Waals surface area contributed by atoms with Crippen LogP contribution in [0.1, 0.15) is 35.9 Å². The normalized spacial score (nSPS) is 10.3. The topological polar surface area (TPSA) is 92.8 Å². The van der Waals surface area contributed by atoms with E-state index in [4.69, 9.17) is 4.74 Å². The lowest BCUT2D eigenvalue weighted by atomic mass is 10.2. The van der Waals surface area contributed by atoms with Gasteiger partial charge in [0.1, 0.15) is 5.82 Å². The summed E-state index contributed by atoms with van der Waals surface area (Å²) in [5.74, 6) is -1.91. The van der Waals surface area contributed by atoms with Gasteiger partial charge in [-0.1, -0.05) is 6.07 Å². The van der Waals surface area contributed by atoms with Crippen LogP contribution in [0.25, 0.3) is 0 Å². The Kier molecular flexibility index (Phi) is 9.14. The Morgan fingerprint density at radius 3 is 2.43 bits per heavy atom. The average molecular weight is 434 g/mol. The van der Waals surface area contributed by atoms with Gasteiger partial charge >= 0.3 is 5.97 Å². The number of carbonyl (C=O) groups excluding carboxylic acids is 4. The van der Waals surface area contributed by atoms with E-state index < -0.39 is 24.3 Å². The molecule has 0 saturated carbocycles. The third-order valence-corrected chi connectivity index (χ3v) is 5.05. The summed E-state index contributed by atoms with van der Waals surface area (Å²) in [6.07, 6.45) is 0.0372. The molecule has 2 rings (SSSR count). The van der Waals surface area contributed by atoms with Crippen LogP contribution >= 0.6 is 11.3 Å². The minimum absolute atomic E-state index is 0.0351. The van der Waals surface area contributed by atoms with Crippen LogP contribution in [0, 0.1) is 5.82 Å². The number of amides is 2. The molecule has 30 heavy (non-hydrogen) atoms. The maximum atomic E-state index is 13.0. The van der Waals surface area contributed by atoms with Crippen LogP contribution in [0.3, 0.4) is 0 Å². The number of rotatable bonds is 11. The van der Waals surface area contributed by atoms with Crippen molar-refractivity contribution in [2.45, 2.75) is 26.2 Å². The first-order chi connectivity index (χ1) is 14.4. The first kappa shape index (κ1) is 23.2. The first-order valence-corrected chi connectivity index (χ1v) is 10.3. The Labute approximate surface area is 177 Å². The Hall–Kier alpha value is -3.07. The van der Waals surface area contributed by atoms with Crippen molar-refractivity contribution in [2.75, 3.05) is 24.6 Å². The van der Waals surface area contributed by atoms with E-state index in [2.05, 4.69) is 5.32 Å². The maximum absolute atomic E-state index is 13.0. The third kappa shape index (κ3) is 7.40. The summed E-state index contributed by atoms with van der Waals surface area (Å²) >= 11 is 1.32. The highest BCUT2D eigenvalue weighted by Crippen LogP contribution is 2.15. The Morgan fingerprint density at radius 1 is 1.07 bits per heavy atom. The van der Waals surface area contributed by atoms with Gasteiger partial charge in [-0.15, -0.1) is 11.3 Å². The number of Topliss-reactive ketones (excluding diaryl/α,β-unsaturated/α-hetero) is 1. The van der Waals surface area contributed by atoms with E-state index in [-0.39, 0.29) is 37.5 Å². The molecule has 1 N–H and O–H groups in total. The van der Waals surface area contributed by atoms with Crippen LogP contribution in [0.15, 0.2) is 41.8 Å². The number of ether oxygens (including phenoxy) is 1. The molecular formula is C21H23FN2O5S. The number of hydrogen-bond acceptors (Lipinski definition) is 6. The molecule has 0 radical (unpaired) electrons. The number of benzene rings is 1. The van der Waals surface area contributed by atoms with Gasteiger partial charge in [0.05, 0.1) is 11.3 Å². The van der Waals surface area contributed by atoms with Crippen LogP contribution in [0.2, 0.25) is 0 Å². The van der Waals surface area contributed by atoms with Gasteiger partial charge in [0.2, 0.25) is 5.91 Å². The number of anilines is 1. The lowest BCUT2D eigenvalue weighted by molar-refractivity contribution is -0.147. The predicted molar refractivity (Wildman–Crippen MR) is 111 cm³/mol. The molecule has 0 fully saturated rings. The van der Waals surface area contributed by atoms with Gasteiger partial charge in [-0.05, 0) is 42.6 Å². The molecule has 0 aliphatic rings. The number of nitrogens with one attached hydrogen (secondary N) is 1. The van der Waals surface area contributed by atoms with Crippen LogP contribution < -0.4 is 10.2 Å². The van der Waals surface area contributed by atoms with Crippen LogP contribution in [-0.4, -0.2) is 43.3 Å². The van der Waals surface area contributed by atoms with Crippen LogP contribution in [0.5, 0.6) is 0 Å². The standard InChI is InChI=1S/C21H23FN2O5S/c1-2-24(16-7-5-15(22)6-8-16)20(27)14-29-21(28)11-12-23-19(26)10-9-17(25)18-4-3-13-30-18/h3-8,13H,2,9-12,14H2,1H3,(H,23,26). The number of likely N-dealkylation sites (N-methyl/N-ethyl adjacent to an activating group) is 1. The number of esters is 1. The van der Waals surface area contributed by atoms with E-state index in [1.165, 1.54) is 40.5 Å². The molecule has 160 valence electrons. The second-order valence-corrected chi connectivity index (χ2v) is 7.22. The van der Waals surface area contributed by atoms with Gasteiger partial charge in [-0.2, -0.15) is 0 Å². The summed E-state index contributed by atoms with van der Waals surface area (Å²) in [6.45, 7) is 1.69. The second-order valence-electron chi connectivity index (χ2n) is 6.28. The summed E-state index contributed by atoms with van der Waals surface area (Å²) in [6, 6.07) is 8.90. The van der Waals surface area contributed by atoms with Crippen LogP contribution in [-0.2, 0) is 19.1 Å². The van der Waals surface area contributed by atoms with Gasteiger partial charge in [0, 0.05) is 31.6 Å². The number of thiophene rings is 1. The molecule has 1 aromatic carbocycles. The Morgan fingerprint density at radius 2 is 1.80 bits per heavy atom. The predicted octanol–water partition coefficient (Wildman–Crippen LogP) is 2.95. The van der Waals surface area contributed by atoms with Crippen LogP contribution in [0.4, 0.5) is 10.1 Å². The lowest BCUT2D eigenvalue weighted by Gasteiger charge is -2.20. The second kappa shape index (κ2) is 11.8. The molecule has 1 heterocycles. The summed E-state index contributed by atoms with van der Waals surface area (Å²) in [7, 11) is 0. The zero-order chi connectivity index (χ0) is 21.9. The van der Waals surface area contributed by atoms with Gasteiger partial charge in [-0.3, -0.25) is 19.2 Å². The van der Waals surface area contributed by atoms with Crippen molar-refractivity contribution >= 4 is 40.6 Å². The molecule has 2 amide bonds. The SMILES string of the molecule is CCN(C(=O)COC(=O)CCNC(=O)CCC(=O)c1cccs1)c1ccc(F)cc1. The van der Waals surface area contributed by atoms with Gasteiger partial charge in [0.25, 0.3) is 5.91 Å². The van der Waals surface area contributed by atoms with Crippen molar-refractivity contribution in [3.8, 4) is 0 Å². The van der Waals surface area contributed by atoms with Gasteiger partial charge < -0.3 is 15.0 Å². The van der Waals surface area contributed by atoms with E-state index in [1.54, 1.807) is 24.4 Å². The average Bonchev–Trinajstić information content (AvgIpc) is 3.27. The van der Waals surface area contributed by atoms with Gasteiger partial charge in [0.15, 0.2) is 12.4 Å². The van der Waals surface area contributed by atoms with E-state index in [0.29, 0.717) is 17.1 Å². The highest BCUT2D eigenvalue weighted by molar-refractivity contribution is 7.12. The minimum Gasteiger partial charge on any atom is -0.455 e. The smallest absolute Gasteiger partial charge is 0.308 e. The van der Waals surface area contributed by atoms with Crippen molar-refractivity contribution in [3.05, 3.63) is 52.5 Å². The van der Waals surface area contributed by atoms with E-state index in [0.717, 1.165) is 0 Å². The van der Waals surface area contributed by atoms with E-state index >= 15 is 0 Å². The fourth-order valence-corrected chi connectivity index (χ4v) is 3.29. The molecule has 0 unspecified atom stereocenters. The molecular weight excluding hydrogens is 411 g/mol. The molecule has 9 heteroatoms. The molecule has 7 nitrogen and oxygen atoms in total. The fourth-order valence-electron chi connectivity index (χ4n) is 2.60. The van der Waals surface area contributed by atoms with Crippen molar-refractivity contribution in [1.29, 1.82) is 0 Å². The zero-order valence-electron chi connectivity index (χ0n) is 16.6. The minimum atomic E-state index is -0.631. The Balaban J connectivity index is 1.65. The molecule has 0 saturated heterocycles. The van der Waals surface area contributed by atoms with Crippen molar-refractivity contribution in [3.63, 3.8) is 0 Å². The molecule has 2 aromatic rings. The number of ketones is 1. The van der Waals surface area contributed by atoms with E-state index in [9.17, 15) is 23.6 Å². The first-order valence-electron chi connectivity index (χ1n) is 9.45. The third-order valence-electron chi connectivity index (χ3n) is 4.14. The van der Waals surface area contributed by atoms with Crippen molar-refractivity contribution in [2.24, 2.45) is 0 Å². The number of hydrogen-bond donors (Lipinski definition) is 1. The molecule has 0 aliphatic carbocycles. The summed E-state index contributed by atoms with van der Waals surface area (Å²) < 4.78 is 18.0. The quantitative estimate of drug-likeness (QED) is 0.434. The number of nitrogens with zero attached hydrogens (tertiary/aromatic N) is 1. The molecule has 0 bridgehead atoms. The van der Waals surface area contributed by atoms with E-state index in [1.807, 2.05) is 0 Å². The summed E-state index contributed by atoms with van der Waals surface area (Å²) in [4.78, 5) is 49.6. The van der Waals surface area contributed by atoms with Crippen molar-refractivity contribution < 1.29 is 28.3 Å². The number of carbonyl (C=O) groups is 4. The highest BCUT2D eigenvalue weighted by Gasteiger charge is 2.16. The zero-order valence-corrected chi connectivity index (χ0v) is 17.4. The maximum Gasteiger partial charge on any atom is 0.308 e. The molecule has 0 aliphatic heterocycles. The number of halogens is 1. The summed E-state index contributed by atoms with van der Waals surface area (Å²) in [5.41, 5.74) is 0.504. The lowest BCUT2D eigenvalue weighted by Crippen LogP contribution is -2.35. The monoisotopic (exact) mass is 434 g/mol. The summed E-state index contributed by atoms with van der Waals surface area (Å²) in [5, 5.41) is 4.34. The molecule has 0 atom stereocenters. The largest absolute Gasteiger partial charge is 0.455 e. The molecule has 0 spiro atoms. The Bertz CT molecular complexity index is 868. The van der Waals surface area contributed by atoms with Crippen molar-refractivity contribution in [1.82, 2.24) is 5.32 Å². The van der Waals surface area contributed by atoms with Gasteiger partial charge in [-0.25, -0.2) is 4.39 Å². The molecule has 1 aromatic heterocycles.